The molecule has 28 heavy (non-hydrogen) atoms. The van der Waals surface area contributed by atoms with Crippen LogP contribution in [0.25, 0.3) is 0 Å². The van der Waals surface area contributed by atoms with Crippen molar-refractivity contribution in [2.75, 3.05) is 29.9 Å². The summed E-state index contributed by atoms with van der Waals surface area (Å²) in [5.41, 5.74) is 5.27. The molecule has 0 unspecified atom stereocenters. The lowest BCUT2D eigenvalue weighted by Crippen LogP contribution is -2.29. The summed E-state index contributed by atoms with van der Waals surface area (Å²) in [5, 5.41) is 3.04. The lowest BCUT2D eigenvalue weighted by atomic mass is 10.1. The Morgan fingerprint density at radius 3 is 2.36 bits per heavy atom. The average molecular weight is 380 g/mol. The van der Waals surface area contributed by atoms with Crippen molar-refractivity contribution >= 4 is 17.3 Å². The lowest BCUT2D eigenvalue weighted by Gasteiger charge is -2.24. The van der Waals surface area contributed by atoms with Crippen LogP contribution in [0.3, 0.4) is 0 Å². The van der Waals surface area contributed by atoms with Gasteiger partial charge in [-0.15, -0.1) is 0 Å². The molecule has 0 aromatic heterocycles. The van der Waals surface area contributed by atoms with Crippen molar-refractivity contribution in [2.45, 2.75) is 53.1 Å². The number of carbonyl (C=O) groups is 1. The zero-order chi connectivity index (χ0) is 20.1. The largest absolute Gasteiger partial charge is 0.371 e. The second kappa shape index (κ2) is 9.24. The Balaban J connectivity index is 1.63. The maximum absolute atomic E-state index is 12.6. The standard InChI is InChI=1S/C24H33N3O/c1-5-26(18(2)3)17-20-8-10-21(11-9-20)24(28)25-22-12-13-23(19(4)16-22)27-14-6-7-15-27/h8-13,16,18H,5-7,14-15,17H2,1-4H3,(H,25,28). The first-order chi connectivity index (χ1) is 13.5. The highest BCUT2D eigenvalue weighted by molar-refractivity contribution is 6.04. The summed E-state index contributed by atoms with van der Waals surface area (Å²) >= 11 is 0. The van der Waals surface area contributed by atoms with Crippen LogP contribution in [-0.4, -0.2) is 36.5 Å². The van der Waals surface area contributed by atoms with E-state index in [1.165, 1.54) is 29.7 Å². The predicted octanol–water partition coefficient (Wildman–Crippen LogP) is 5.08. The molecule has 0 saturated carbocycles. The first kappa shape index (κ1) is 20.4. The summed E-state index contributed by atoms with van der Waals surface area (Å²) in [6.07, 6.45) is 2.53. The summed E-state index contributed by atoms with van der Waals surface area (Å²) in [5.74, 6) is -0.0592. The van der Waals surface area contributed by atoms with Crippen LogP contribution in [0.5, 0.6) is 0 Å². The van der Waals surface area contributed by atoms with E-state index in [0.29, 0.717) is 11.6 Å². The van der Waals surface area contributed by atoms with Gasteiger partial charge in [0.25, 0.3) is 5.91 Å². The number of amides is 1. The van der Waals surface area contributed by atoms with Gasteiger partial charge >= 0.3 is 0 Å². The third-order valence-electron chi connectivity index (χ3n) is 5.64. The first-order valence-electron chi connectivity index (χ1n) is 10.5. The Morgan fingerprint density at radius 2 is 1.79 bits per heavy atom. The van der Waals surface area contributed by atoms with Gasteiger partial charge in [-0.2, -0.15) is 0 Å². The minimum atomic E-state index is -0.0592. The van der Waals surface area contributed by atoms with Crippen LogP contribution in [0.15, 0.2) is 42.5 Å². The monoisotopic (exact) mass is 379 g/mol. The average Bonchev–Trinajstić information content (AvgIpc) is 3.21. The number of carbonyl (C=O) groups excluding carboxylic acids is 1. The number of rotatable bonds is 7. The van der Waals surface area contributed by atoms with Crippen molar-refractivity contribution in [3.63, 3.8) is 0 Å². The topological polar surface area (TPSA) is 35.6 Å². The Bertz CT molecular complexity index is 792. The summed E-state index contributed by atoms with van der Waals surface area (Å²) < 4.78 is 0. The van der Waals surface area contributed by atoms with Gasteiger partial charge in [0.2, 0.25) is 0 Å². The Labute approximate surface area is 169 Å². The number of benzene rings is 2. The number of nitrogens with zero attached hydrogens (tertiary/aromatic N) is 2. The molecule has 0 spiro atoms. The fraction of sp³-hybridized carbons (Fsp3) is 0.458. The third kappa shape index (κ3) is 4.93. The third-order valence-corrected chi connectivity index (χ3v) is 5.64. The van der Waals surface area contributed by atoms with Crippen molar-refractivity contribution in [2.24, 2.45) is 0 Å². The van der Waals surface area contributed by atoms with Gasteiger partial charge in [0.1, 0.15) is 0 Å². The van der Waals surface area contributed by atoms with Crippen molar-refractivity contribution in [1.82, 2.24) is 4.90 Å². The molecule has 1 amide bonds. The van der Waals surface area contributed by atoms with E-state index in [9.17, 15) is 4.79 Å². The van der Waals surface area contributed by atoms with Crippen LogP contribution >= 0.6 is 0 Å². The molecule has 2 aromatic rings. The molecule has 1 fully saturated rings. The van der Waals surface area contributed by atoms with Crippen molar-refractivity contribution in [3.8, 4) is 0 Å². The van der Waals surface area contributed by atoms with Gasteiger partial charge in [-0.3, -0.25) is 9.69 Å². The van der Waals surface area contributed by atoms with E-state index in [-0.39, 0.29) is 5.91 Å². The van der Waals surface area contributed by atoms with Gasteiger partial charge in [-0.25, -0.2) is 0 Å². The summed E-state index contributed by atoms with van der Waals surface area (Å²) in [6.45, 7) is 12.9. The Morgan fingerprint density at radius 1 is 1.11 bits per heavy atom. The number of anilines is 2. The van der Waals surface area contributed by atoms with Gasteiger partial charge in [-0.1, -0.05) is 19.1 Å². The number of aryl methyl sites for hydroxylation is 1. The maximum Gasteiger partial charge on any atom is 0.255 e. The van der Waals surface area contributed by atoms with Crippen LogP contribution in [0, 0.1) is 6.92 Å². The number of nitrogens with one attached hydrogen (secondary N) is 1. The summed E-state index contributed by atoms with van der Waals surface area (Å²) in [4.78, 5) is 17.5. The zero-order valence-electron chi connectivity index (χ0n) is 17.7. The number of hydrogen-bond acceptors (Lipinski definition) is 3. The normalized spacial score (nSPS) is 14.1. The van der Waals surface area contributed by atoms with E-state index in [1.54, 1.807) is 0 Å². The number of hydrogen-bond donors (Lipinski definition) is 1. The van der Waals surface area contributed by atoms with Crippen molar-refractivity contribution in [1.29, 1.82) is 0 Å². The van der Waals surface area contributed by atoms with E-state index >= 15 is 0 Å². The molecule has 1 N–H and O–H groups in total. The maximum atomic E-state index is 12.6. The van der Waals surface area contributed by atoms with Gasteiger partial charge in [0.15, 0.2) is 0 Å². The minimum absolute atomic E-state index is 0.0592. The first-order valence-corrected chi connectivity index (χ1v) is 10.5. The SMILES string of the molecule is CCN(Cc1ccc(C(=O)Nc2ccc(N3CCCC3)c(C)c2)cc1)C(C)C. The van der Waals surface area contributed by atoms with Crippen LogP contribution < -0.4 is 10.2 Å². The van der Waals surface area contributed by atoms with E-state index in [1.807, 2.05) is 18.2 Å². The van der Waals surface area contributed by atoms with Crippen molar-refractivity contribution < 1.29 is 4.79 Å². The van der Waals surface area contributed by atoms with Gasteiger partial charge < -0.3 is 10.2 Å². The molecule has 1 saturated heterocycles. The Kier molecular flexibility index (Phi) is 6.74. The van der Waals surface area contributed by atoms with Crippen molar-refractivity contribution in [3.05, 3.63) is 59.2 Å². The van der Waals surface area contributed by atoms with Gasteiger partial charge in [0.05, 0.1) is 0 Å². The van der Waals surface area contributed by atoms with Crippen LogP contribution in [0.2, 0.25) is 0 Å². The minimum Gasteiger partial charge on any atom is -0.371 e. The molecule has 4 nitrogen and oxygen atoms in total. The molecule has 2 aromatic carbocycles. The Hall–Kier alpha value is -2.33. The molecule has 4 heteroatoms. The molecule has 1 aliphatic heterocycles. The molecule has 0 atom stereocenters. The highest BCUT2D eigenvalue weighted by Crippen LogP contribution is 2.27. The molecular weight excluding hydrogens is 346 g/mol. The fourth-order valence-electron chi connectivity index (χ4n) is 3.90. The van der Waals surface area contributed by atoms with Gasteiger partial charge in [0, 0.05) is 42.6 Å². The van der Waals surface area contributed by atoms with Crippen LogP contribution in [0.4, 0.5) is 11.4 Å². The zero-order valence-corrected chi connectivity index (χ0v) is 17.7. The molecule has 0 bridgehead atoms. The van der Waals surface area contributed by atoms with E-state index in [2.05, 4.69) is 67.1 Å². The van der Waals surface area contributed by atoms with E-state index in [4.69, 9.17) is 0 Å². The van der Waals surface area contributed by atoms with Crippen LogP contribution in [0.1, 0.15) is 55.1 Å². The second-order valence-corrected chi connectivity index (χ2v) is 8.00. The highest BCUT2D eigenvalue weighted by atomic mass is 16.1. The molecule has 150 valence electrons. The molecule has 0 aliphatic carbocycles. The van der Waals surface area contributed by atoms with Gasteiger partial charge in [-0.05, 0) is 81.6 Å². The molecule has 1 aliphatic rings. The lowest BCUT2D eigenvalue weighted by molar-refractivity contribution is 0.102. The fourth-order valence-corrected chi connectivity index (χ4v) is 3.90. The smallest absolute Gasteiger partial charge is 0.255 e. The molecule has 0 radical (unpaired) electrons. The molecular formula is C24H33N3O. The summed E-state index contributed by atoms with van der Waals surface area (Å²) in [6, 6.07) is 14.7. The predicted molar refractivity (Wildman–Crippen MR) is 118 cm³/mol. The molecule has 1 heterocycles. The molecule has 3 rings (SSSR count). The second-order valence-electron chi connectivity index (χ2n) is 8.00. The highest BCUT2D eigenvalue weighted by Gasteiger charge is 2.15. The summed E-state index contributed by atoms with van der Waals surface area (Å²) in [7, 11) is 0. The van der Waals surface area contributed by atoms with E-state index in [0.717, 1.165) is 31.9 Å². The quantitative estimate of drug-likeness (QED) is 0.729. The van der Waals surface area contributed by atoms with Crippen LogP contribution in [-0.2, 0) is 6.54 Å². The van der Waals surface area contributed by atoms with E-state index < -0.39 is 0 Å².